The summed E-state index contributed by atoms with van der Waals surface area (Å²) in [7, 11) is 1.71. The molecule has 8 heteroatoms. The van der Waals surface area contributed by atoms with Gasteiger partial charge in [-0.15, -0.1) is 0 Å². The lowest BCUT2D eigenvalue weighted by molar-refractivity contribution is -0.118. The van der Waals surface area contributed by atoms with Gasteiger partial charge in [-0.05, 0) is 30.5 Å². The Morgan fingerprint density at radius 1 is 1.00 bits per heavy atom. The van der Waals surface area contributed by atoms with E-state index in [1.165, 1.54) is 17.3 Å². The number of aryl methyl sites for hydroxylation is 1. The van der Waals surface area contributed by atoms with Gasteiger partial charge in [-0.25, -0.2) is 9.97 Å². The Labute approximate surface area is 205 Å². The number of benzene rings is 2. The Kier molecular flexibility index (Phi) is 8.62. The molecule has 0 radical (unpaired) electrons. The van der Waals surface area contributed by atoms with Crippen molar-refractivity contribution in [3.05, 3.63) is 72.6 Å². The summed E-state index contributed by atoms with van der Waals surface area (Å²) in [6.45, 7) is 4.18. The molecule has 0 atom stereocenters. The zero-order valence-corrected chi connectivity index (χ0v) is 20.3. The summed E-state index contributed by atoms with van der Waals surface area (Å²) in [6, 6.07) is 20.4. The summed E-state index contributed by atoms with van der Waals surface area (Å²) in [6.07, 6.45) is 3.48. The molecule has 1 aliphatic heterocycles. The van der Waals surface area contributed by atoms with Crippen LogP contribution in [-0.2, 0) is 11.2 Å². The van der Waals surface area contributed by atoms with Crippen molar-refractivity contribution in [2.45, 2.75) is 17.9 Å². The standard InChI is InChI=1S/C26H31N5O2S/c1-33-23-12-6-5-11-22(23)30-14-16-31(17-15-30)24-18-26(29-20-28-24)34-19-25(32)27-13-7-10-21-8-3-2-4-9-21/h2-6,8-9,11-12,18,20H,7,10,13-17,19H2,1H3,(H,27,32). The quantitative estimate of drug-likeness (QED) is 0.272. The fourth-order valence-corrected chi connectivity index (χ4v) is 4.70. The van der Waals surface area contributed by atoms with Gasteiger partial charge >= 0.3 is 0 Å². The second-order valence-corrected chi connectivity index (χ2v) is 9.08. The van der Waals surface area contributed by atoms with Gasteiger partial charge in [0.05, 0.1) is 18.6 Å². The number of rotatable bonds is 10. The van der Waals surface area contributed by atoms with Crippen molar-refractivity contribution in [3.63, 3.8) is 0 Å². The van der Waals surface area contributed by atoms with Crippen LogP contribution in [0.1, 0.15) is 12.0 Å². The molecule has 0 unspecified atom stereocenters. The molecule has 0 bridgehead atoms. The molecule has 2 aromatic carbocycles. The van der Waals surface area contributed by atoms with Crippen LogP contribution >= 0.6 is 11.8 Å². The van der Waals surface area contributed by atoms with Crippen LogP contribution in [0.4, 0.5) is 11.5 Å². The number of nitrogens with zero attached hydrogens (tertiary/aromatic N) is 4. The average Bonchev–Trinajstić information content (AvgIpc) is 2.91. The molecule has 0 aliphatic carbocycles. The summed E-state index contributed by atoms with van der Waals surface area (Å²) < 4.78 is 5.51. The Bertz CT molecular complexity index is 1060. The van der Waals surface area contributed by atoms with Gasteiger partial charge in [0.2, 0.25) is 5.91 Å². The van der Waals surface area contributed by atoms with Gasteiger partial charge in [-0.3, -0.25) is 4.79 Å². The number of carbonyl (C=O) groups is 1. The minimum absolute atomic E-state index is 0.0312. The number of nitrogens with one attached hydrogen (secondary N) is 1. The molecule has 1 amide bonds. The first-order valence-electron chi connectivity index (χ1n) is 11.6. The zero-order chi connectivity index (χ0) is 23.6. The highest BCUT2D eigenvalue weighted by Crippen LogP contribution is 2.29. The molecule has 3 aromatic rings. The molecule has 2 heterocycles. The molecule has 178 valence electrons. The maximum Gasteiger partial charge on any atom is 0.230 e. The van der Waals surface area contributed by atoms with Crippen LogP contribution in [0, 0.1) is 0 Å². The zero-order valence-electron chi connectivity index (χ0n) is 19.5. The smallest absolute Gasteiger partial charge is 0.230 e. The van der Waals surface area contributed by atoms with E-state index >= 15 is 0 Å². The SMILES string of the molecule is COc1ccccc1N1CCN(c2cc(SCC(=O)NCCCc3ccccc3)ncn2)CC1. The summed E-state index contributed by atoms with van der Waals surface area (Å²) in [4.78, 5) is 25.7. The first-order chi connectivity index (χ1) is 16.7. The van der Waals surface area contributed by atoms with Gasteiger partial charge in [0.25, 0.3) is 0 Å². The topological polar surface area (TPSA) is 70.6 Å². The van der Waals surface area contributed by atoms with E-state index in [1.807, 2.05) is 42.5 Å². The second-order valence-electron chi connectivity index (χ2n) is 8.09. The Morgan fingerprint density at radius 3 is 2.53 bits per heavy atom. The van der Waals surface area contributed by atoms with Gasteiger partial charge in [0.1, 0.15) is 22.9 Å². The molecule has 0 saturated carbocycles. The first-order valence-corrected chi connectivity index (χ1v) is 12.6. The molecule has 0 spiro atoms. The van der Waals surface area contributed by atoms with E-state index in [4.69, 9.17) is 4.74 Å². The lowest BCUT2D eigenvalue weighted by Gasteiger charge is -2.37. The molecular weight excluding hydrogens is 446 g/mol. The Hall–Kier alpha value is -3.26. The number of aromatic nitrogens is 2. The number of methoxy groups -OCH3 is 1. The highest BCUT2D eigenvalue weighted by atomic mass is 32.2. The summed E-state index contributed by atoms with van der Waals surface area (Å²) in [5.74, 6) is 2.18. The van der Waals surface area contributed by atoms with Gasteiger partial charge in [0.15, 0.2) is 0 Å². The van der Waals surface area contributed by atoms with Crippen molar-refractivity contribution in [2.24, 2.45) is 0 Å². The summed E-state index contributed by atoms with van der Waals surface area (Å²) in [5, 5.41) is 3.82. The highest BCUT2D eigenvalue weighted by molar-refractivity contribution is 7.99. The van der Waals surface area contributed by atoms with Crippen LogP contribution < -0.4 is 19.9 Å². The minimum Gasteiger partial charge on any atom is -0.495 e. The molecule has 1 N–H and O–H groups in total. The lowest BCUT2D eigenvalue weighted by atomic mass is 10.1. The lowest BCUT2D eigenvalue weighted by Crippen LogP contribution is -2.47. The fourth-order valence-electron chi connectivity index (χ4n) is 4.00. The monoisotopic (exact) mass is 477 g/mol. The first kappa shape index (κ1) is 23.9. The van der Waals surface area contributed by atoms with Crippen molar-refractivity contribution < 1.29 is 9.53 Å². The number of piperazine rings is 1. The fraction of sp³-hybridized carbons (Fsp3) is 0.346. The molecule has 1 fully saturated rings. The van der Waals surface area contributed by atoms with Crippen molar-refractivity contribution in [1.29, 1.82) is 0 Å². The number of hydrogen-bond donors (Lipinski definition) is 1. The van der Waals surface area contributed by atoms with Crippen LogP contribution in [0.2, 0.25) is 0 Å². The predicted molar refractivity (Wildman–Crippen MR) is 138 cm³/mol. The van der Waals surface area contributed by atoms with E-state index in [0.717, 1.165) is 61.3 Å². The molecule has 1 saturated heterocycles. The molecule has 1 aromatic heterocycles. The predicted octanol–water partition coefficient (Wildman–Crippen LogP) is 3.65. The Morgan fingerprint density at radius 2 is 1.74 bits per heavy atom. The van der Waals surface area contributed by atoms with Crippen LogP contribution in [-0.4, -0.2) is 61.5 Å². The molecule has 1 aliphatic rings. The van der Waals surface area contributed by atoms with Gasteiger partial charge < -0.3 is 19.9 Å². The third-order valence-electron chi connectivity index (χ3n) is 5.82. The van der Waals surface area contributed by atoms with Crippen molar-refractivity contribution in [1.82, 2.24) is 15.3 Å². The number of hydrogen-bond acceptors (Lipinski definition) is 7. The van der Waals surface area contributed by atoms with E-state index in [-0.39, 0.29) is 5.91 Å². The van der Waals surface area contributed by atoms with E-state index < -0.39 is 0 Å². The number of anilines is 2. The van der Waals surface area contributed by atoms with E-state index in [1.54, 1.807) is 13.4 Å². The van der Waals surface area contributed by atoms with Crippen LogP contribution in [0.15, 0.2) is 72.0 Å². The van der Waals surface area contributed by atoms with Crippen molar-refractivity contribution in [3.8, 4) is 5.75 Å². The number of para-hydroxylation sites is 2. The van der Waals surface area contributed by atoms with Crippen LogP contribution in [0.5, 0.6) is 5.75 Å². The molecule has 4 rings (SSSR count). The molecule has 7 nitrogen and oxygen atoms in total. The maximum absolute atomic E-state index is 12.2. The third kappa shape index (κ3) is 6.63. The third-order valence-corrected chi connectivity index (χ3v) is 6.74. The van der Waals surface area contributed by atoms with Crippen molar-refractivity contribution in [2.75, 3.05) is 55.4 Å². The summed E-state index contributed by atoms with van der Waals surface area (Å²) in [5.41, 5.74) is 2.42. The van der Waals surface area contributed by atoms with E-state index in [0.29, 0.717) is 12.3 Å². The van der Waals surface area contributed by atoms with Gasteiger partial charge in [-0.2, -0.15) is 0 Å². The van der Waals surface area contributed by atoms with Crippen molar-refractivity contribution >= 4 is 29.2 Å². The number of ether oxygens (including phenoxy) is 1. The second kappa shape index (κ2) is 12.3. The highest BCUT2D eigenvalue weighted by Gasteiger charge is 2.21. The normalized spacial score (nSPS) is 13.6. The average molecular weight is 478 g/mol. The van der Waals surface area contributed by atoms with Crippen LogP contribution in [0.3, 0.4) is 0 Å². The number of carbonyl (C=O) groups excluding carboxylic acids is 1. The Balaban J connectivity index is 1.21. The maximum atomic E-state index is 12.2. The minimum atomic E-state index is 0.0312. The van der Waals surface area contributed by atoms with Gasteiger partial charge in [0, 0.05) is 38.8 Å². The van der Waals surface area contributed by atoms with E-state index in [9.17, 15) is 4.79 Å². The molecule has 34 heavy (non-hydrogen) atoms. The van der Waals surface area contributed by atoms with E-state index in [2.05, 4.69) is 43.3 Å². The number of thioether (sulfide) groups is 1. The largest absolute Gasteiger partial charge is 0.495 e. The summed E-state index contributed by atoms with van der Waals surface area (Å²) >= 11 is 1.45. The number of amides is 1. The molecular formula is C26H31N5O2S. The van der Waals surface area contributed by atoms with Gasteiger partial charge in [-0.1, -0.05) is 54.2 Å². The van der Waals surface area contributed by atoms with Crippen LogP contribution in [0.25, 0.3) is 0 Å².